The Bertz CT molecular complexity index is 1720. The first kappa shape index (κ1) is 39.2. The fourth-order valence-corrected chi connectivity index (χ4v) is 7.59. The summed E-state index contributed by atoms with van der Waals surface area (Å²) in [6, 6.07) is 6.83. The lowest BCUT2D eigenvalue weighted by atomic mass is 9.85. The molecule has 1 aromatic heterocycles. The average Bonchev–Trinajstić information content (AvgIpc) is 3.72. The molecular formula is C39H50F2N6O7. The summed E-state index contributed by atoms with van der Waals surface area (Å²) >= 11 is 0. The van der Waals surface area contributed by atoms with E-state index in [1.54, 1.807) is 25.5 Å². The molecule has 4 amide bonds. The summed E-state index contributed by atoms with van der Waals surface area (Å²) in [5.41, 5.74) is 0.463. The van der Waals surface area contributed by atoms with E-state index in [1.165, 1.54) is 11.1 Å². The summed E-state index contributed by atoms with van der Waals surface area (Å²) in [6.45, 7) is 8.90. The molecule has 0 bridgehead atoms. The molecule has 3 saturated heterocycles. The topological polar surface area (TPSA) is 144 Å². The van der Waals surface area contributed by atoms with Crippen LogP contribution >= 0.6 is 0 Å². The predicted octanol–water partition coefficient (Wildman–Crippen LogP) is 6.12. The van der Waals surface area contributed by atoms with E-state index < -0.39 is 48.0 Å². The Hall–Kier alpha value is -4.55. The molecule has 2 aromatic rings. The Balaban J connectivity index is 0.864. The van der Waals surface area contributed by atoms with Crippen LogP contribution in [0.1, 0.15) is 114 Å². The zero-order valence-electron chi connectivity index (χ0n) is 31.2. The largest absolute Gasteiger partial charge is 0.444 e. The molecule has 15 heteroatoms. The molecule has 3 aliphatic heterocycles. The second kappa shape index (κ2) is 17.3. The summed E-state index contributed by atoms with van der Waals surface area (Å²) in [4.78, 5) is 52.2. The molecule has 13 nitrogen and oxygen atoms in total. The number of imide groups is 1. The number of halogens is 2. The molecule has 4 aliphatic rings. The van der Waals surface area contributed by atoms with Gasteiger partial charge in [0.05, 0.1) is 31.0 Å². The minimum Gasteiger partial charge on any atom is -0.444 e. The van der Waals surface area contributed by atoms with Crippen LogP contribution < -0.4 is 10.6 Å². The maximum absolute atomic E-state index is 13.7. The maximum Gasteiger partial charge on any atom is 0.412 e. The molecule has 1 aromatic carbocycles. The lowest BCUT2D eigenvalue weighted by Gasteiger charge is -2.36. The smallest absolute Gasteiger partial charge is 0.412 e. The van der Waals surface area contributed by atoms with Gasteiger partial charge in [0, 0.05) is 44.2 Å². The highest BCUT2D eigenvalue weighted by Gasteiger charge is 2.42. The van der Waals surface area contributed by atoms with Gasteiger partial charge in [-0.3, -0.25) is 29.8 Å². The minimum absolute atomic E-state index is 0.00741. The molecule has 2 N–H and O–H groups in total. The molecule has 6 rings (SSSR count). The van der Waals surface area contributed by atoms with Gasteiger partial charge < -0.3 is 19.1 Å². The van der Waals surface area contributed by atoms with Gasteiger partial charge >= 0.3 is 12.2 Å². The monoisotopic (exact) mass is 752 g/mol. The van der Waals surface area contributed by atoms with Gasteiger partial charge in [0.25, 0.3) is 6.43 Å². The normalized spacial score (nSPS) is 24.2. The highest BCUT2D eigenvalue weighted by molar-refractivity contribution is 6.01. The number of alkyl halides is 2. The van der Waals surface area contributed by atoms with Crippen molar-refractivity contribution in [1.82, 2.24) is 24.9 Å². The van der Waals surface area contributed by atoms with E-state index in [9.17, 15) is 28.0 Å². The molecule has 0 radical (unpaired) electrons. The number of carbonyl (C=O) groups is 4. The van der Waals surface area contributed by atoms with Crippen molar-refractivity contribution in [1.29, 1.82) is 0 Å². The van der Waals surface area contributed by atoms with Crippen molar-refractivity contribution in [3.05, 3.63) is 47.3 Å². The molecule has 4 heterocycles. The molecule has 2 atom stereocenters. The summed E-state index contributed by atoms with van der Waals surface area (Å²) in [5, 5.41) is 8.89. The van der Waals surface area contributed by atoms with Gasteiger partial charge in [0.1, 0.15) is 17.7 Å². The fourth-order valence-electron chi connectivity index (χ4n) is 7.59. The summed E-state index contributed by atoms with van der Waals surface area (Å²) in [6.07, 6.45) is 3.74. The number of rotatable bonds is 10. The standard InChI is InChI=1S/C39H50F2N6O7/c1-39(2,3)54-37(50)42-30-23-47(44-34(30)35(40)41)28-13-9-26(10-14-28)22-45-19-17-29(18-20-45)52-21-5-4-6-25-7-11-27(12-8-25)32-24-46(38(51)53-32)31-15-16-33(48)43-36(31)49/h7-8,11-12,23,26,28-29,31-32,35H,5,9-10,13-22,24H2,1-3H3,(H,42,50)(H,43,48,49)/t26?,28?,31-,32+/m1/s1. The van der Waals surface area contributed by atoms with E-state index in [0.29, 0.717) is 25.4 Å². The van der Waals surface area contributed by atoms with Crippen molar-refractivity contribution >= 4 is 29.7 Å². The van der Waals surface area contributed by atoms with Gasteiger partial charge in [0.15, 0.2) is 5.69 Å². The number of piperidine rings is 2. The third-order valence-electron chi connectivity index (χ3n) is 10.4. The molecule has 54 heavy (non-hydrogen) atoms. The summed E-state index contributed by atoms with van der Waals surface area (Å²) < 4.78 is 45.9. The van der Waals surface area contributed by atoms with Crippen molar-refractivity contribution in [3.8, 4) is 11.8 Å². The zero-order valence-corrected chi connectivity index (χ0v) is 31.2. The van der Waals surface area contributed by atoms with E-state index >= 15 is 0 Å². The van der Waals surface area contributed by atoms with Crippen LogP contribution in [0.5, 0.6) is 0 Å². The van der Waals surface area contributed by atoms with Crippen LogP contribution in [0.15, 0.2) is 30.5 Å². The number of aromatic nitrogens is 2. The Labute approximate surface area is 314 Å². The minimum atomic E-state index is -2.81. The highest BCUT2D eigenvalue weighted by atomic mass is 19.3. The number of ether oxygens (including phenoxy) is 3. The van der Waals surface area contributed by atoms with Crippen LogP contribution in [0.3, 0.4) is 0 Å². The van der Waals surface area contributed by atoms with Gasteiger partial charge in [-0.25, -0.2) is 18.4 Å². The van der Waals surface area contributed by atoms with E-state index in [-0.39, 0.29) is 36.7 Å². The van der Waals surface area contributed by atoms with Crippen LogP contribution in [0, 0.1) is 17.8 Å². The lowest BCUT2D eigenvalue weighted by molar-refractivity contribution is -0.136. The molecule has 1 saturated carbocycles. The Morgan fingerprint density at radius 2 is 1.78 bits per heavy atom. The third kappa shape index (κ3) is 10.4. The van der Waals surface area contributed by atoms with E-state index in [1.807, 2.05) is 24.3 Å². The molecule has 1 aliphatic carbocycles. The van der Waals surface area contributed by atoms with Crippen LogP contribution in [0.4, 0.5) is 24.1 Å². The SMILES string of the molecule is CC(C)(C)OC(=O)Nc1cn(C2CCC(CN3CCC(OCCC#Cc4ccc([C@@H]5CN([C@@H]6CCC(=O)NC6=O)C(=O)O5)cc4)CC3)CC2)nc1C(F)F. The number of hydrogen-bond acceptors (Lipinski definition) is 9. The molecule has 0 unspecified atom stereocenters. The Morgan fingerprint density at radius 1 is 1.06 bits per heavy atom. The average molecular weight is 753 g/mol. The Morgan fingerprint density at radius 3 is 2.44 bits per heavy atom. The van der Waals surface area contributed by atoms with Gasteiger partial charge in [-0.1, -0.05) is 24.0 Å². The maximum atomic E-state index is 13.7. The third-order valence-corrected chi connectivity index (χ3v) is 10.4. The highest BCUT2D eigenvalue weighted by Crippen LogP contribution is 2.36. The van der Waals surface area contributed by atoms with Crippen LogP contribution in [-0.4, -0.2) is 94.1 Å². The Kier molecular flexibility index (Phi) is 12.5. The van der Waals surface area contributed by atoms with E-state index in [4.69, 9.17) is 14.2 Å². The molecule has 0 spiro atoms. The van der Waals surface area contributed by atoms with Crippen molar-refractivity contribution in [2.24, 2.45) is 5.92 Å². The first-order valence-electron chi connectivity index (χ1n) is 18.9. The van der Waals surface area contributed by atoms with Gasteiger partial charge in [-0.2, -0.15) is 5.10 Å². The second-order valence-corrected chi connectivity index (χ2v) is 15.5. The van der Waals surface area contributed by atoms with Gasteiger partial charge in [-0.15, -0.1) is 0 Å². The number of likely N-dealkylation sites (tertiary alicyclic amines) is 1. The van der Waals surface area contributed by atoms with Crippen LogP contribution in [-0.2, 0) is 23.8 Å². The van der Waals surface area contributed by atoms with Crippen molar-refractivity contribution in [3.63, 3.8) is 0 Å². The fraction of sp³-hybridized carbons (Fsp3) is 0.615. The van der Waals surface area contributed by atoms with E-state index in [0.717, 1.165) is 69.3 Å². The number of hydrogen-bond donors (Lipinski definition) is 2. The number of nitrogens with one attached hydrogen (secondary N) is 2. The quantitative estimate of drug-likeness (QED) is 0.167. The van der Waals surface area contributed by atoms with Crippen molar-refractivity contribution < 1.29 is 42.2 Å². The van der Waals surface area contributed by atoms with Crippen LogP contribution in [0.25, 0.3) is 0 Å². The molecular weight excluding hydrogens is 702 g/mol. The number of benzene rings is 1. The number of nitrogens with zero attached hydrogens (tertiary/aromatic N) is 4. The summed E-state index contributed by atoms with van der Waals surface area (Å²) in [7, 11) is 0. The number of anilines is 1. The molecule has 292 valence electrons. The lowest BCUT2D eigenvalue weighted by Crippen LogP contribution is -2.52. The first-order valence-corrected chi connectivity index (χ1v) is 18.9. The number of cyclic esters (lactones) is 1. The first-order chi connectivity index (χ1) is 25.8. The van der Waals surface area contributed by atoms with E-state index in [2.05, 4.69) is 32.5 Å². The van der Waals surface area contributed by atoms with Crippen LogP contribution in [0.2, 0.25) is 0 Å². The van der Waals surface area contributed by atoms with Gasteiger partial charge in [0.2, 0.25) is 11.8 Å². The van der Waals surface area contributed by atoms with Crippen molar-refractivity contribution in [2.45, 2.75) is 115 Å². The zero-order chi connectivity index (χ0) is 38.4. The molecule has 4 fully saturated rings. The summed E-state index contributed by atoms with van der Waals surface area (Å²) in [5.74, 6) is 6.09. The number of amides is 4. The van der Waals surface area contributed by atoms with Gasteiger partial charge in [-0.05, 0) is 89.3 Å². The predicted molar refractivity (Wildman–Crippen MR) is 193 cm³/mol. The van der Waals surface area contributed by atoms with Crippen molar-refractivity contribution in [2.75, 3.05) is 38.1 Å². The second-order valence-electron chi connectivity index (χ2n) is 15.5. The number of carbonyl (C=O) groups excluding carboxylic acids is 4.